The average Bonchev–Trinajstić information content (AvgIpc) is 2.97. The van der Waals surface area contributed by atoms with Crippen LogP contribution in [0.25, 0.3) is 22.3 Å². The van der Waals surface area contributed by atoms with Gasteiger partial charge in [0, 0.05) is 37.6 Å². The van der Waals surface area contributed by atoms with Crippen molar-refractivity contribution in [1.29, 1.82) is 0 Å². The highest BCUT2D eigenvalue weighted by atomic mass is 16.3. The molecular formula is C35H50N2O. The van der Waals surface area contributed by atoms with Crippen LogP contribution in [0.4, 0.5) is 11.4 Å². The molecular weight excluding hydrogens is 464 g/mol. The second kappa shape index (κ2) is 16.2. The largest absolute Gasteiger partial charge is 0.392 e. The first-order chi connectivity index (χ1) is 18.7. The predicted octanol–water partition coefficient (Wildman–Crippen LogP) is 9.33. The normalized spacial score (nSPS) is 11.1. The minimum Gasteiger partial charge on any atom is -0.392 e. The summed E-state index contributed by atoms with van der Waals surface area (Å²) < 4.78 is 0. The Morgan fingerprint density at radius 1 is 0.526 bits per heavy atom. The third-order valence-corrected chi connectivity index (χ3v) is 7.51. The molecule has 0 fully saturated rings. The summed E-state index contributed by atoms with van der Waals surface area (Å²) >= 11 is 0. The van der Waals surface area contributed by atoms with Crippen molar-refractivity contribution in [3.05, 3.63) is 72.3 Å². The van der Waals surface area contributed by atoms with E-state index in [2.05, 4.69) is 98.2 Å². The Bertz CT molecular complexity index is 1040. The van der Waals surface area contributed by atoms with E-state index in [0.29, 0.717) is 0 Å². The van der Waals surface area contributed by atoms with Crippen LogP contribution in [-0.4, -0.2) is 31.3 Å². The Kier molecular flexibility index (Phi) is 12.7. The summed E-state index contributed by atoms with van der Waals surface area (Å²) in [5.41, 5.74) is 8.25. The summed E-state index contributed by atoms with van der Waals surface area (Å²) in [6.07, 6.45) is 9.72. The van der Waals surface area contributed by atoms with E-state index in [-0.39, 0.29) is 6.61 Å². The van der Waals surface area contributed by atoms with Gasteiger partial charge in [0.1, 0.15) is 0 Å². The summed E-state index contributed by atoms with van der Waals surface area (Å²) in [5.74, 6) is 0. The number of nitrogens with zero attached hydrogens (tertiary/aromatic N) is 2. The molecule has 0 amide bonds. The molecule has 0 aliphatic heterocycles. The molecule has 3 heteroatoms. The van der Waals surface area contributed by atoms with Gasteiger partial charge in [0.2, 0.25) is 0 Å². The first kappa shape index (κ1) is 29.8. The molecule has 1 N–H and O–H groups in total. The van der Waals surface area contributed by atoms with Crippen LogP contribution in [0.2, 0.25) is 0 Å². The van der Waals surface area contributed by atoms with Gasteiger partial charge in [0.15, 0.2) is 0 Å². The van der Waals surface area contributed by atoms with E-state index in [1.807, 2.05) is 6.07 Å². The van der Waals surface area contributed by atoms with Gasteiger partial charge in [-0.25, -0.2) is 0 Å². The standard InChI is InChI=1S/C35H50N2O/c1-5-9-24-36(25-10-6-2)32-20-16-29(17-21-32)34-15-13-14-31(28-38)35(34)30-18-22-33(23-19-30)37(26-11-7-3)27-12-8-4/h13-23,38H,5-12,24-28H2,1-4H3. The predicted molar refractivity (Wildman–Crippen MR) is 167 cm³/mol. The van der Waals surface area contributed by atoms with E-state index in [0.717, 1.165) is 42.9 Å². The second-order valence-electron chi connectivity index (χ2n) is 10.5. The summed E-state index contributed by atoms with van der Waals surface area (Å²) in [7, 11) is 0. The van der Waals surface area contributed by atoms with Crippen molar-refractivity contribution < 1.29 is 5.11 Å². The molecule has 0 spiro atoms. The minimum atomic E-state index is 0.0317. The molecule has 0 bridgehead atoms. The molecule has 0 aliphatic rings. The number of unbranched alkanes of at least 4 members (excludes halogenated alkanes) is 4. The fourth-order valence-electron chi connectivity index (χ4n) is 5.14. The summed E-state index contributed by atoms with van der Waals surface area (Å²) in [4.78, 5) is 5.06. The highest BCUT2D eigenvalue weighted by Gasteiger charge is 2.14. The number of anilines is 2. The molecule has 3 nitrogen and oxygen atoms in total. The third kappa shape index (κ3) is 8.11. The zero-order chi connectivity index (χ0) is 27.2. The molecule has 206 valence electrons. The van der Waals surface area contributed by atoms with Crippen LogP contribution in [0.5, 0.6) is 0 Å². The average molecular weight is 515 g/mol. The monoisotopic (exact) mass is 514 g/mol. The molecule has 0 heterocycles. The third-order valence-electron chi connectivity index (χ3n) is 7.51. The zero-order valence-electron chi connectivity index (χ0n) is 24.4. The van der Waals surface area contributed by atoms with Crippen LogP contribution >= 0.6 is 0 Å². The summed E-state index contributed by atoms with van der Waals surface area (Å²) in [5, 5.41) is 10.3. The van der Waals surface area contributed by atoms with E-state index in [9.17, 15) is 5.11 Å². The van der Waals surface area contributed by atoms with Crippen molar-refractivity contribution in [3.63, 3.8) is 0 Å². The van der Waals surface area contributed by atoms with Crippen molar-refractivity contribution in [3.8, 4) is 22.3 Å². The molecule has 3 aromatic carbocycles. The summed E-state index contributed by atoms with van der Waals surface area (Å²) in [6, 6.07) is 24.4. The molecule has 0 atom stereocenters. The smallest absolute Gasteiger partial charge is 0.0688 e. The molecule has 0 saturated heterocycles. The van der Waals surface area contributed by atoms with Crippen LogP contribution in [-0.2, 0) is 6.61 Å². The van der Waals surface area contributed by atoms with Crippen molar-refractivity contribution >= 4 is 11.4 Å². The lowest BCUT2D eigenvalue weighted by atomic mass is 9.90. The van der Waals surface area contributed by atoms with Gasteiger partial charge in [-0.05, 0) is 77.8 Å². The van der Waals surface area contributed by atoms with Gasteiger partial charge in [-0.2, -0.15) is 0 Å². The first-order valence-corrected chi connectivity index (χ1v) is 15.1. The van der Waals surface area contributed by atoms with Crippen molar-refractivity contribution in [2.45, 2.75) is 85.7 Å². The second-order valence-corrected chi connectivity index (χ2v) is 10.5. The Labute approximate surface area is 232 Å². The number of rotatable bonds is 17. The Morgan fingerprint density at radius 2 is 0.947 bits per heavy atom. The highest BCUT2D eigenvalue weighted by molar-refractivity contribution is 5.86. The van der Waals surface area contributed by atoms with Gasteiger partial charge in [0.25, 0.3) is 0 Å². The Balaban J connectivity index is 1.92. The van der Waals surface area contributed by atoms with E-state index in [1.165, 1.54) is 73.9 Å². The Hall–Kier alpha value is -2.78. The molecule has 0 aliphatic carbocycles. The van der Waals surface area contributed by atoms with E-state index in [1.54, 1.807) is 0 Å². The number of aliphatic hydroxyl groups is 1. The molecule has 0 radical (unpaired) electrons. The van der Waals surface area contributed by atoms with Crippen molar-refractivity contribution in [2.24, 2.45) is 0 Å². The van der Waals surface area contributed by atoms with Gasteiger partial charge in [-0.15, -0.1) is 0 Å². The van der Waals surface area contributed by atoms with Crippen LogP contribution in [0.1, 0.15) is 84.6 Å². The fourth-order valence-corrected chi connectivity index (χ4v) is 5.14. The lowest BCUT2D eigenvalue weighted by Crippen LogP contribution is -2.25. The molecule has 3 aromatic rings. The molecule has 3 rings (SSSR count). The topological polar surface area (TPSA) is 26.7 Å². The minimum absolute atomic E-state index is 0.0317. The highest BCUT2D eigenvalue weighted by Crippen LogP contribution is 2.37. The number of hydrogen-bond donors (Lipinski definition) is 1. The van der Waals surface area contributed by atoms with Gasteiger partial charge >= 0.3 is 0 Å². The number of hydrogen-bond acceptors (Lipinski definition) is 3. The lowest BCUT2D eigenvalue weighted by Gasteiger charge is -2.25. The van der Waals surface area contributed by atoms with Gasteiger partial charge in [-0.3, -0.25) is 0 Å². The molecule has 0 saturated carbocycles. The SMILES string of the molecule is CCCCN(CCCC)c1ccc(-c2cccc(CO)c2-c2ccc(N(CCCC)CCCC)cc2)cc1. The number of aliphatic hydroxyl groups excluding tert-OH is 1. The summed E-state index contributed by atoms with van der Waals surface area (Å²) in [6.45, 7) is 13.5. The first-order valence-electron chi connectivity index (χ1n) is 15.1. The number of benzene rings is 3. The zero-order valence-corrected chi connectivity index (χ0v) is 24.4. The maximum absolute atomic E-state index is 10.3. The van der Waals surface area contributed by atoms with Crippen LogP contribution in [0.15, 0.2) is 66.7 Å². The lowest BCUT2D eigenvalue weighted by molar-refractivity contribution is 0.282. The molecule has 0 aromatic heterocycles. The van der Waals surface area contributed by atoms with Gasteiger partial charge < -0.3 is 14.9 Å². The quantitative estimate of drug-likeness (QED) is 0.194. The fraction of sp³-hybridized carbons (Fsp3) is 0.486. The Morgan fingerprint density at radius 3 is 1.34 bits per heavy atom. The molecule has 0 unspecified atom stereocenters. The van der Waals surface area contributed by atoms with Crippen molar-refractivity contribution in [2.75, 3.05) is 36.0 Å². The van der Waals surface area contributed by atoms with Gasteiger partial charge in [-0.1, -0.05) is 95.8 Å². The van der Waals surface area contributed by atoms with E-state index < -0.39 is 0 Å². The maximum atomic E-state index is 10.3. The van der Waals surface area contributed by atoms with Crippen LogP contribution in [0.3, 0.4) is 0 Å². The van der Waals surface area contributed by atoms with Crippen LogP contribution in [0, 0.1) is 0 Å². The molecule has 38 heavy (non-hydrogen) atoms. The van der Waals surface area contributed by atoms with E-state index >= 15 is 0 Å². The maximum Gasteiger partial charge on any atom is 0.0688 e. The van der Waals surface area contributed by atoms with Crippen molar-refractivity contribution in [1.82, 2.24) is 0 Å². The van der Waals surface area contributed by atoms with Crippen LogP contribution < -0.4 is 9.80 Å². The van der Waals surface area contributed by atoms with Gasteiger partial charge in [0.05, 0.1) is 6.61 Å². The van der Waals surface area contributed by atoms with E-state index in [4.69, 9.17) is 0 Å².